The number of ether oxygens (including phenoxy) is 1. The zero-order valence-corrected chi connectivity index (χ0v) is 9.33. The second kappa shape index (κ2) is 5.29. The fourth-order valence-corrected chi connectivity index (χ4v) is 1.87. The first kappa shape index (κ1) is 10.7. The lowest BCUT2D eigenvalue weighted by Gasteiger charge is -2.09. The average Bonchev–Trinajstić information content (AvgIpc) is 2.74. The van der Waals surface area contributed by atoms with Crippen LogP contribution in [0.2, 0.25) is 0 Å². The van der Waals surface area contributed by atoms with Crippen molar-refractivity contribution in [3.8, 4) is 0 Å². The summed E-state index contributed by atoms with van der Waals surface area (Å²) in [6, 6.07) is 8.70. The van der Waals surface area contributed by atoms with E-state index in [1.807, 2.05) is 0 Å². The molecule has 15 heavy (non-hydrogen) atoms. The minimum atomic E-state index is 0.718. The van der Waals surface area contributed by atoms with Crippen LogP contribution in [-0.2, 0) is 11.3 Å². The highest BCUT2D eigenvalue weighted by Crippen LogP contribution is 2.11. The van der Waals surface area contributed by atoms with Crippen LogP contribution in [0.1, 0.15) is 17.5 Å². The lowest BCUT2D eigenvalue weighted by Crippen LogP contribution is -2.22. The molecule has 0 spiro atoms. The Bertz CT molecular complexity index is 288. The molecule has 0 saturated carbocycles. The Kier molecular flexibility index (Phi) is 3.75. The topological polar surface area (TPSA) is 21.3 Å². The van der Waals surface area contributed by atoms with E-state index in [2.05, 4.69) is 36.5 Å². The van der Waals surface area contributed by atoms with E-state index in [0.717, 1.165) is 32.2 Å². The Morgan fingerprint density at radius 3 is 2.80 bits per heavy atom. The van der Waals surface area contributed by atoms with Crippen LogP contribution in [0, 0.1) is 12.8 Å². The molecule has 1 aliphatic rings. The summed E-state index contributed by atoms with van der Waals surface area (Å²) in [5.74, 6) is 0.718. The summed E-state index contributed by atoms with van der Waals surface area (Å²) in [5.41, 5.74) is 2.68. The predicted molar refractivity (Wildman–Crippen MR) is 61.8 cm³/mol. The van der Waals surface area contributed by atoms with Crippen molar-refractivity contribution in [1.82, 2.24) is 5.32 Å². The van der Waals surface area contributed by atoms with E-state index in [1.165, 1.54) is 17.5 Å². The normalized spacial score (nSPS) is 20.7. The molecule has 1 aromatic rings. The fraction of sp³-hybridized carbons (Fsp3) is 0.538. The highest BCUT2D eigenvalue weighted by atomic mass is 16.5. The maximum absolute atomic E-state index is 5.34. The molecule has 1 atom stereocenters. The lowest BCUT2D eigenvalue weighted by molar-refractivity contribution is 0.185. The van der Waals surface area contributed by atoms with Crippen molar-refractivity contribution in [1.29, 1.82) is 0 Å². The number of hydrogen-bond acceptors (Lipinski definition) is 2. The monoisotopic (exact) mass is 205 g/mol. The minimum absolute atomic E-state index is 0.718. The van der Waals surface area contributed by atoms with Crippen LogP contribution in [0.15, 0.2) is 24.3 Å². The zero-order chi connectivity index (χ0) is 10.5. The molecule has 1 fully saturated rings. The molecule has 0 amide bonds. The number of aryl methyl sites for hydroxylation is 1. The van der Waals surface area contributed by atoms with Gasteiger partial charge in [0.2, 0.25) is 0 Å². The van der Waals surface area contributed by atoms with E-state index in [-0.39, 0.29) is 0 Å². The molecule has 0 bridgehead atoms. The van der Waals surface area contributed by atoms with Crippen molar-refractivity contribution in [2.75, 3.05) is 19.8 Å². The molecular formula is C13H19NO. The van der Waals surface area contributed by atoms with Gasteiger partial charge in [0.05, 0.1) is 6.61 Å². The van der Waals surface area contributed by atoms with Crippen molar-refractivity contribution >= 4 is 0 Å². The van der Waals surface area contributed by atoms with Gasteiger partial charge in [0.25, 0.3) is 0 Å². The van der Waals surface area contributed by atoms with Crippen LogP contribution >= 0.6 is 0 Å². The molecule has 0 aliphatic carbocycles. The molecular weight excluding hydrogens is 186 g/mol. The Morgan fingerprint density at radius 1 is 1.33 bits per heavy atom. The molecule has 1 aliphatic heterocycles. The number of benzene rings is 1. The molecule has 1 heterocycles. The highest BCUT2D eigenvalue weighted by molar-refractivity contribution is 5.21. The third kappa shape index (κ3) is 3.33. The van der Waals surface area contributed by atoms with Gasteiger partial charge in [-0.3, -0.25) is 0 Å². The van der Waals surface area contributed by atoms with Gasteiger partial charge in [-0.25, -0.2) is 0 Å². The van der Waals surface area contributed by atoms with Crippen LogP contribution in [0.5, 0.6) is 0 Å². The fourth-order valence-electron chi connectivity index (χ4n) is 1.87. The van der Waals surface area contributed by atoms with Crippen LogP contribution in [0.4, 0.5) is 0 Å². The molecule has 82 valence electrons. The first-order chi connectivity index (χ1) is 7.34. The van der Waals surface area contributed by atoms with E-state index < -0.39 is 0 Å². The van der Waals surface area contributed by atoms with Crippen molar-refractivity contribution in [2.24, 2.45) is 5.92 Å². The van der Waals surface area contributed by atoms with E-state index in [4.69, 9.17) is 4.74 Å². The van der Waals surface area contributed by atoms with Gasteiger partial charge in [-0.2, -0.15) is 0 Å². The van der Waals surface area contributed by atoms with E-state index in [9.17, 15) is 0 Å². The van der Waals surface area contributed by atoms with Crippen LogP contribution in [0.25, 0.3) is 0 Å². The minimum Gasteiger partial charge on any atom is -0.381 e. The molecule has 0 aromatic heterocycles. The molecule has 1 saturated heterocycles. The first-order valence-corrected chi connectivity index (χ1v) is 5.68. The zero-order valence-electron chi connectivity index (χ0n) is 9.33. The van der Waals surface area contributed by atoms with Gasteiger partial charge in [0.1, 0.15) is 0 Å². The first-order valence-electron chi connectivity index (χ1n) is 5.68. The van der Waals surface area contributed by atoms with Gasteiger partial charge in [0, 0.05) is 19.7 Å². The quantitative estimate of drug-likeness (QED) is 0.813. The van der Waals surface area contributed by atoms with Gasteiger partial charge in [0.15, 0.2) is 0 Å². The largest absolute Gasteiger partial charge is 0.381 e. The van der Waals surface area contributed by atoms with Gasteiger partial charge in [-0.05, 0) is 24.8 Å². The predicted octanol–water partition coefficient (Wildman–Crippen LogP) is 2.12. The molecule has 1 N–H and O–H groups in total. The average molecular weight is 205 g/mol. The highest BCUT2D eigenvalue weighted by Gasteiger charge is 2.14. The van der Waals surface area contributed by atoms with Crippen molar-refractivity contribution in [2.45, 2.75) is 19.9 Å². The molecule has 2 rings (SSSR count). The van der Waals surface area contributed by atoms with Crippen LogP contribution < -0.4 is 5.32 Å². The van der Waals surface area contributed by atoms with E-state index in [0.29, 0.717) is 0 Å². The number of nitrogens with one attached hydrogen (secondary N) is 1. The van der Waals surface area contributed by atoms with Gasteiger partial charge in [-0.15, -0.1) is 0 Å². The number of hydrogen-bond donors (Lipinski definition) is 1. The molecule has 1 unspecified atom stereocenters. The standard InChI is InChI=1S/C13H19NO/c1-11-2-4-12(5-3-11)8-14-9-13-6-7-15-10-13/h2-5,13-14H,6-10H2,1H3. The van der Waals surface area contributed by atoms with Gasteiger partial charge < -0.3 is 10.1 Å². The van der Waals surface area contributed by atoms with E-state index in [1.54, 1.807) is 0 Å². The summed E-state index contributed by atoms with van der Waals surface area (Å²) < 4.78 is 5.34. The van der Waals surface area contributed by atoms with Crippen LogP contribution in [0.3, 0.4) is 0 Å². The maximum Gasteiger partial charge on any atom is 0.0507 e. The Labute approximate surface area is 91.6 Å². The summed E-state index contributed by atoms with van der Waals surface area (Å²) >= 11 is 0. The van der Waals surface area contributed by atoms with Crippen molar-refractivity contribution in [3.05, 3.63) is 35.4 Å². The van der Waals surface area contributed by atoms with Gasteiger partial charge in [-0.1, -0.05) is 29.8 Å². The Hall–Kier alpha value is -0.860. The third-order valence-electron chi connectivity index (χ3n) is 2.91. The summed E-state index contributed by atoms with van der Waals surface area (Å²) in [6.45, 7) is 6.04. The summed E-state index contributed by atoms with van der Waals surface area (Å²) in [4.78, 5) is 0. The molecule has 2 nitrogen and oxygen atoms in total. The SMILES string of the molecule is Cc1ccc(CNCC2CCOC2)cc1. The summed E-state index contributed by atoms with van der Waals surface area (Å²) in [6.07, 6.45) is 1.21. The Morgan fingerprint density at radius 2 is 2.13 bits per heavy atom. The van der Waals surface area contributed by atoms with E-state index >= 15 is 0 Å². The second-order valence-corrected chi connectivity index (χ2v) is 4.35. The molecule has 2 heteroatoms. The third-order valence-corrected chi connectivity index (χ3v) is 2.91. The Balaban J connectivity index is 1.71. The maximum atomic E-state index is 5.34. The number of rotatable bonds is 4. The summed E-state index contributed by atoms with van der Waals surface area (Å²) in [7, 11) is 0. The molecule has 0 radical (unpaired) electrons. The summed E-state index contributed by atoms with van der Waals surface area (Å²) in [5, 5.41) is 3.48. The second-order valence-electron chi connectivity index (χ2n) is 4.35. The lowest BCUT2D eigenvalue weighted by atomic mass is 10.1. The van der Waals surface area contributed by atoms with Crippen molar-refractivity contribution in [3.63, 3.8) is 0 Å². The van der Waals surface area contributed by atoms with Crippen LogP contribution in [-0.4, -0.2) is 19.8 Å². The van der Waals surface area contributed by atoms with Gasteiger partial charge >= 0.3 is 0 Å². The molecule has 1 aromatic carbocycles. The van der Waals surface area contributed by atoms with Crippen molar-refractivity contribution < 1.29 is 4.74 Å². The smallest absolute Gasteiger partial charge is 0.0507 e.